The van der Waals surface area contributed by atoms with Crippen LogP contribution in [0.25, 0.3) is 16.8 Å². The van der Waals surface area contributed by atoms with Gasteiger partial charge in [0.25, 0.3) is 0 Å². The standard InChI is InChI=1S/C25H26F3N5O4/c1-3-36-22-6-5-17(13-29-22)23-19(24(35)37-4-2)12-18-11-16(7-9-33(18)23)14-32-15-21(30-31-32)20(8-10-34)25(26,27)28/h5-7,9,11-13,15,20,34H,3-4,8,10,14H2,1-2H3. The molecule has 37 heavy (non-hydrogen) atoms. The summed E-state index contributed by atoms with van der Waals surface area (Å²) in [4.78, 5) is 17.0. The summed E-state index contributed by atoms with van der Waals surface area (Å²) in [7, 11) is 0. The van der Waals surface area contributed by atoms with Gasteiger partial charge < -0.3 is 19.0 Å². The van der Waals surface area contributed by atoms with Crippen molar-refractivity contribution in [3.05, 3.63) is 65.7 Å². The fourth-order valence-electron chi connectivity index (χ4n) is 4.08. The number of pyridine rings is 2. The number of rotatable bonds is 10. The first-order valence-corrected chi connectivity index (χ1v) is 11.7. The van der Waals surface area contributed by atoms with Crippen molar-refractivity contribution in [3.8, 4) is 17.1 Å². The Hall–Kier alpha value is -3.93. The van der Waals surface area contributed by atoms with Crippen LogP contribution in [0.1, 0.15) is 47.8 Å². The Morgan fingerprint density at radius 1 is 1.16 bits per heavy atom. The van der Waals surface area contributed by atoms with Crippen molar-refractivity contribution in [2.75, 3.05) is 19.8 Å². The predicted molar refractivity (Wildman–Crippen MR) is 127 cm³/mol. The maximum absolute atomic E-state index is 13.3. The molecule has 1 N–H and O–H groups in total. The number of esters is 1. The van der Waals surface area contributed by atoms with Gasteiger partial charge in [-0.2, -0.15) is 13.2 Å². The lowest BCUT2D eigenvalue weighted by Gasteiger charge is -2.16. The van der Waals surface area contributed by atoms with E-state index in [9.17, 15) is 18.0 Å². The second kappa shape index (κ2) is 11.0. The van der Waals surface area contributed by atoms with Crippen LogP contribution < -0.4 is 4.74 Å². The highest BCUT2D eigenvalue weighted by atomic mass is 19.4. The van der Waals surface area contributed by atoms with Crippen molar-refractivity contribution >= 4 is 11.5 Å². The number of carbonyl (C=O) groups excluding carboxylic acids is 1. The molecular formula is C25H26F3N5O4. The smallest absolute Gasteiger partial charge is 0.397 e. The highest BCUT2D eigenvalue weighted by molar-refractivity contribution is 5.99. The van der Waals surface area contributed by atoms with E-state index in [0.717, 1.165) is 5.56 Å². The number of aliphatic hydroxyl groups is 1. The molecule has 0 amide bonds. The Bertz CT molecular complexity index is 1370. The number of aliphatic hydroxyl groups excluding tert-OH is 1. The van der Waals surface area contributed by atoms with Gasteiger partial charge in [-0.1, -0.05) is 5.21 Å². The molecule has 0 fully saturated rings. The third kappa shape index (κ3) is 5.74. The van der Waals surface area contributed by atoms with Crippen LogP contribution in [0.3, 0.4) is 0 Å². The Kier molecular flexibility index (Phi) is 7.77. The van der Waals surface area contributed by atoms with Crippen LogP contribution in [0.4, 0.5) is 13.2 Å². The molecule has 0 aromatic carbocycles. The van der Waals surface area contributed by atoms with E-state index >= 15 is 0 Å². The molecule has 0 saturated carbocycles. The highest BCUT2D eigenvalue weighted by Gasteiger charge is 2.42. The van der Waals surface area contributed by atoms with E-state index < -0.39 is 31.1 Å². The second-order valence-corrected chi connectivity index (χ2v) is 8.22. The van der Waals surface area contributed by atoms with Gasteiger partial charge in [0.1, 0.15) is 5.92 Å². The molecule has 4 heterocycles. The summed E-state index contributed by atoms with van der Waals surface area (Å²) in [6.45, 7) is 3.81. The molecule has 4 rings (SSSR count). The molecule has 196 valence electrons. The van der Waals surface area contributed by atoms with E-state index in [0.29, 0.717) is 34.8 Å². The van der Waals surface area contributed by atoms with Gasteiger partial charge in [-0.25, -0.2) is 14.5 Å². The van der Waals surface area contributed by atoms with Gasteiger partial charge in [-0.05, 0) is 50.1 Å². The Morgan fingerprint density at radius 3 is 2.62 bits per heavy atom. The predicted octanol–water partition coefficient (Wildman–Crippen LogP) is 4.24. The summed E-state index contributed by atoms with van der Waals surface area (Å²) < 4.78 is 53.8. The van der Waals surface area contributed by atoms with Crippen LogP contribution in [0.5, 0.6) is 5.88 Å². The number of ether oxygens (including phenoxy) is 2. The fourth-order valence-corrected chi connectivity index (χ4v) is 4.08. The SMILES string of the molecule is CCOC(=O)c1cc2cc(Cn3cc(C(CCO)C(F)(F)F)nn3)ccn2c1-c1ccc(OCC)nc1. The summed E-state index contributed by atoms with van der Waals surface area (Å²) in [6, 6.07) is 8.81. The van der Waals surface area contributed by atoms with Crippen LogP contribution in [0, 0.1) is 0 Å². The van der Waals surface area contributed by atoms with E-state index in [1.165, 1.54) is 10.9 Å². The lowest BCUT2D eigenvalue weighted by atomic mass is 10.0. The van der Waals surface area contributed by atoms with Crippen molar-refractivity contribution in [1.82, 2.24) is 24.4 Å². The monoisotopic (exact) mass is 517 g/mol. The lowest BCUT2D eigenvalue weighted by molar-refractivity contribution is -0.154. The van der Waals surface area contributed by atoms with Crippen LogP contribution >= 0.6 is 0 Å². The highest BCUT2D eigenvalue weighted by Crippen LogP contribution is 2.36. The molecule has 1 unspecified atom stereocenters. The molecule has 0 radical (unpaired) electrons. The Labute approximate surface area is 210 Å². The van der Waals surface area contributed by atoms with Crippen LogP contribution in [-0.2, 0) is 11.3 Å². The van der Waals surface area contributed by atoms with Gasteiger partial charge in [0, 0.05) is 42.3 Å². The maximum atomic E-state index is 13.3. The summed E-state index contributed by atoms with van der Waals surface area (Å²) >= 11 is 0. The van der Waals surface area contributed by atoms with Gasteiger partial charge in [0.2, 0.25) is 5.88 Å². The Morgan fingerprint density at radius 2 is 1.97 bits per heavy atom. The summed E-state index contributed by atoms with van der Waals surface area (Å²) in [5, 5.41) is 16.5. The number of fused-ring (bicyclic) bond motifs is 1. The molecule has 0 spiro atoms. The average molecular weight is 518 g/mol. The quantitative estimate of drug-likeness (QED) is 0.314. The van der Waals surface area contributed by atoms with Gasteiger partial charge in [0.15, 0.2) is 0 Å². The zero-order valence-corrected chi connectivity index (χ0v) is 20.3. The number of hydrogen-bond donors (Lipinski definition) is 1. The molecule has 4 aromatic rings. The largest absolute Gasteiger partial charge is 0.478 e. The number of nitrogens with zero attached hydrogens (tertiary/aromatic N) is 5. The topological polar surface area (TPSA) is 104 Å². The first-order valence-electron chi connectivity index (χ1n) is 11.7. The molecule has 12 heteroatoms. The minimum atomic E-state index is -4.54. The third-order valence-corrected chi connectivity index (χ3v) is 5.71. The average Bonchev–Trinajstić information content (AvgIpc) is 3.47. The zero-order valence-electron chi connectivity index (χ0n) is 20.3. The summed E-state index contributed by atoms with van der Waals surface area (Å²) in [6.07, 6.45) is -0.412. The van der Waals surface area contributed by atoms with Crippen molar-refractivity contribution < 1.29 is 32.5 Å². The molecule has 0 aliphatic rings. The first kappa shape index (κ1) is 26.1. The molecule has 4 aromatic heterocycles. The van der Waals surface area contributed by atoms with Crippen molar-refractivity contribution in [1.29, 1.82) is 0 Å². The van der Waals surface area contributed by atoms with Crippen molar-refractivity contribution in [2.24, 2.45) is 0 Å². The lowest BCUT2D eigenvalue weighted by Crippen LogP contribution is -2.22. The molecule has 9 nitrogen and oxygen atoms in total. The molecule has 0 bridgehead atoms. The number of hydrogen-bond acceptors (Lipinski definition) is 7. The maximum Gasteiger partial charge on any atom is 0.397 e. The van der Waals surface area contributed by atoms with Gasteiger partial charge in [-0.3, -0.25) is 0 Å². The number of aromatic nitrogens is 5. The van der Waals surface area contributed by atoms with Gasteiger partial charge >= 0.3 is 12.1 Å². The minimum Gasteiger partial charge on any atom is -0.478 e. The first-order chi connectivity index (χ1) is 17.7. The molecule has 0 saturated heterocycles. The number of alkyl halides is 3. The number of carbonyl (C=O) groups is 1. The summed E-state index contributed by atoms with van der Waals surface area (Å²) in [5.41, 5.74) is 2.79. The Balaban J connectivity index is 1.67. The molecule has 0 aliphatic heterocycles. The van der Waals surface area contributed by atoms with Crippen LogP contribution in [0.15, 0.2) is 48.9 Å². The van der Waals surface area contributed by atoms with Crippen molar-refractivity contribution in [2.45, 2.75) is 38.9 Å². The fraction of sp³-hybridized carbons (Fsp3) is 0.360. The minimum absolute atomic E-state index is 0.160. The second-order valence-electron chi connectivity index (χ2n) is 8.22. The van der Waals surface area contributed by atoms with E-state index in [1.807, 2.05) is 17.4 Å². The molecular weight excluding hydrogens is 491 g/mol. The molecule has 0 aliphatic carbocycles. The number of halogens is 3. The summed E-state index contributed by atoms with van der Waals surface area (Å²) in [5.74, 6) is -1.91. The molecule has 1 atom stereocenters. The van der Waals surface area contributed by atoms with Crippen LogP contribution in [-0.4, -0.2) is 61.5 Å². The van der Waals surface area contributed by atoms with Crippen molar-refractivity contribution in [3.63, 3.8) is 0 Å². The zero-order chi connectivity index (χ0) is 26.6. The normalized spacial score (nSPS) is 12.6. The van der Waals surface area contributed by atoms with Crippen LogP contribution in [0.2, 0.25) is 0 Å². The van der Waals surface area contributed by atoms with E-state index in [2.05, 4.69) is 15.3 Å². The van der Waals surface area contributed by atoms with E-state index in [-0.39, 0.29) is 18.8 Å². The third-order valence-electron chi connectivity index (χ3n) is 5.71. The van der Waals surface area contributed by atoms with E-state index in [4.69, 9.17) is 14.6 Å². The van der Waals surface area contributed by atoms with Gasteiger partial charge in [-0.15, -0.1) is 5.10 Å². The van der Waals surface area contributed by atoms with Gasteiger partial charge in [0.05, 0.1) is 36.7 Å². The van der Waals surface area contributed by atoms with E-state index in [1.54, 1.807) is 43.6 Å².